The van der Waals surface area contributed by atoms with Crippen molar-refractivity contribution in [3.05, 3.63) is 34.5 Å². The van der Waals surface area contributed by atoms with E-state index in [1.807, 2.05) is 0 Å². The van der Waals surface area contributed by atoms with Crippen LogP contribution in [0.25, 0.3) is 0 Å². The van der Waals surface area contributed by atoms with Crippen LogP contribution >= 0.6 is 12.4 Å². The number of aromatic nitrogens is 1. The van der Waals surface area contributed by atoms with Gasteiger partial charge in [-0.1, -0.05) is 6.07 Å². The summed E-state index contributed by atoms with van der Waals surface area (Å²) >= 11 is 0. The molecule has 0 spiro atoms. The summed E-state index contributed by atoms with van der Waals surface area (Å²) in [4.78, 5) is 12.9. The molecule has 0 bridgehead atoms. The predicted octanol–water partition coefficient (Wildman–Crippen LogP) is 1.41. The smallest absolute Gasteiger partial charge is 0.358 e. The van der Waals surface area contributed by atoms with Crippen LogP contribution in [0, 0.1) is 10.1 Å². The molecule has 4 nitrogen and oxygen atoms in total. The van der Waals surface area contributed by atoms with Crippen LogP contribution in [0.3, 0.4) is 0 Å². The van der Waals surface area contributed by atoms with Crippen molar-refractivity contribution in [2.75, 3.05) is 0 Å². The van der Waals surface area contributed by atoms with Crippen LogP contribution < -0.4 is 0 Å². The van der Waals surface area contributed by atoms with E-state index in [1.54, 1.807) is 12.1 Å². The van der Waals surface area contributed by atoms with Crippen molar-refractivity contribution >= 4 is 18.2 Å². The van der Waals surface area contributed by atoms with Gasteiger partial charge in [0.1, 0.15) is 6.20 Å². The third-order valence-corrected chi connectivity index (χ3v) is 0.836. The topological polar surface area (TPSA) is 56.0 Å². The predicted molar refractivity (Wildman–Crippen MR) is 38.1 cm³/mol. The lowest BCUT2D eigenvalue weighted by Crippen LogP contribution is -1.88. The molecule has 1 aromatic heterocycles. The Morgan fingerprint density at radius 1 is 1.50 bits per heavy atom. The Morgan fingerprint density at radius 2 is 2.20 bits per heavy atom. The fourth-order valence-corrected chi connectivity index (χ4v) is 0.462. The number of hydrogen-bond acceptors (Lipinski definition) is 3. The van der Waals surface area contributed by atoms with Gasteiger partial charge >= 0.3 is 5.82 Å². The number of nitro groups is 1. The molecule has 54 valence electrons. The molecule has 0 aliphatic carbocycles. The molecular formula is C5H5ClN2O2. The molecule has 0 saturated heterocycles. The zero-order valence-corrected chi connectivity index (χ0v) is 5.75. The van der Waals surface area contributed by atoms with Gasteiger partial charge in [0.15, 0.2) is 0 Å². The van der Waals surface area contributed by atoms with E-state index < -0.39 is 4.92 Å². The van der Waals surface area contributed by atoms with E-state index in [1.165, 1.54) is 12.3 Å². The zero-order chi connectivity index (χ0) is 6.69. The monoisotopic (exact) mass is 160 g/mol. The number of halogens is 1. The first-order valence-corrected chi connectivity index (χ1v) is 2.36. The normalized spacial score (nSPS) is 8.00. The fourth-order valence-electron chi connectivity index (χ4n) is 0.462. The summed E-state index contributed by atoms with van der Waals surface area (Å²) in [6, 6.07) is 4.55. The van der Waals surface area contributed by atoms with Crippen molar-refractivity contribution in [2.24, 2.45) is 0 Å². The van der Waals surface area contributed by atoms with Crippen LogP contribution in [0.4, 0.5) is 5.82 Å². The summed E-state index contributed by atoms with van der Waals surface area (Å²) in [5, 5.41) is 9.94. The van der Waals surface area contributed by atoms with Gasteiger partial charge in [0.25, 0.3) is 0 Å². The third kappa shape index (κ3) is 1.99. The fraction of sp³-hybridized carbons (Fsp3) is 0. The van der Waals surface area contributed by atoms with Gasteiger partial charge in [-0.3, -0.25) is 0 Å². The quantitative estimate of drug-likeness (QED) is 0.461. The maximum atomic E-state index is 9.94. The van der Waals surface area contributed by atoms with E-state index in [-0.39, 0.29) is 18.2 Å². The van der Waals surface area contributed by atoms with Gasteiger partial charge in [-0.25, -0.2) is 0 Å². The Kier molecular flexibility index (Phi) is 3.35. The van der Waals surface area contributed by atoms with Crippen molar-refractivity contribution < 1.29 is 4.92 Å². The average Bonchev–Trinajstić information content (AvgIpc) is 1.90. The van der Waals surface area contributed by atoms with Crippen LogP contribution in [0.5, 0.6) is 0 Å². The largest absolute Gasteiger partial charge is 0.363 e. The van der Waals surface area contributed by atoms with Crippen LogP contribution in [0.2, 0.25) is 0 Å². The van der Waals surface area contributed by atoms with Crippen LogP contribution in [0.15, 0.2) is 24.4 Å². The van der Waals surface area contributed by atoms with Crippen molar-refractivity contribution in [3.63, 3.8) is 0 Å². The van der Waals surface area contributed by atoms with Gasteiger partial charge in [0, 0.05) is 6.07 Å². The lowest BCUT2D eigenvalue weighted by Gasteiger charge is -1.86. The highest BCUT2D eigenvalue weighted by molar-refractivity contribution is 5.85. The summed E-state index contributed by atoms with van der Waals surface area (Å²) in [5.74, 6) is -0.113. The number of hydrogen-bond donors (Lipinski definition) is 0. The molecule has 1 aromatic rings. The summed E-state index contributed by atoms with van der Waals surface area (Å²) in [7, 11) is 0. The van der Waals surface area contributed by atoms with E-state index in [4.69, 9.17) is 0 Å². The number of pyridine rings is 1. The minimum absolute atomic E-state index is 0. The van der Waals surface area contributed by atoms with E-state index in [9.17, 15) is 10.1 Å². The first kappa shape index (κ1) is 8.84. The molecular weight excluding hydrogens is 156 g/mol. The summed E-state index contributed by atoms with van der Waals surface area (Å²) in [5.41, 5.74) is 0. The van der Waals surface area contributed by atoms with E-state index in [0.717, 1.165) is 0 Å². The van der Waals surface area contributed by atoms with Gasteiger partial charge in [0.05, 0.1) is 0 Å². The molecule has 0 aliphatic rings. The molecule has 0 N–H and O–H groups in total. The highest BCUT2D eigenvalue weighted by atomic mass is 35.5. The molecule has 0 aromatic carbocycles. The molecule has 0 amide bonds. The molecule has 0 fully saturated rings. The third-order valence-electron chi connectivity index (χ3n) is 0.836. The van der Waals surface area contributed by atoms with E-state index >= 15 is 0 Å². The van der Waals surface area contributed by atoms with Gasteiger partial charge in [-0.2, -0.15) is 0 Å². The van der Waals surface area contributed by atoms with Crippen molar-refractivity contribution in [1.29, 1.82) is 0 Å². The molecule has 0 radical (unpaired) electrons. The lowest BCUT2D eigenvalue weighted by atomic mass is 10.5. The summed E-state index contributed by atoms with van der Waals surface area (Å²) in [6.07, 6.45) is 1.39. The average molecular weight is 161 g/mol. The van der Waals surface area contributed by atoms with Gasteiger partial charge in [-0.15, -0.1) is 12.4 Å². The summed E-state index contributed by atoms with van der Waals surface area (Å²) in [6.45, 7) is 0. The molecule has 1 rings (SSSR count). The Morgan fingerprint density at radius 3 is 2.50 bits per heavy atom. The van der Waals surface area contributed by atoms with Gasteiger partial charge < -0.3 is 10.1 Å². The van der Waals surface area contributed by atoms with Crippen molar-refractivity contribution in [2.45, 2.75) is 0 Å². The molecule has 10 heavy (non-hydrogen) atoms. The zero-order valence-electron chi connectivity index (χ0n) is 4.93. The Hall–Kier alpha value is -1.16. The maximum Gasteiger partial charge on any atom is 0.363 e. The molecule has 0 saturated carbocycles. The van der Waals surface area contributed by atoms with Crippen molar-refractivity contribution in [3.8, 4) is 0 Å². The first-order chi connectivity index (χ1) is 4.30. The van der Waals surface area contributed by atoms with E-state index in [0.29, 0.717) is 0 Å². The Labute approximate surface area is 63.5 Å². The SMILES string of the molecule is Cl.O=[N+]([O-])c1ccccn1. The van der Waals surface area contributed by atoms with E-state index in [2.05, 4.69) is 4.98 Å². The van der Waals surface area contributed by atoms with Crippen LogP contribution in [-0.4, -0.2) is 9.91 Å². The van der Waals surface area contributed by atoms with Crippen molar-refractivity contribution in [1.82, 2.24) is 4.98 Å². The van der Waals surface area contributed by atoms with Gasteiger partial charge in [0.2, 0.25) is 0 Å². The second-order valence-electron chi connectivity index (χ2n) is 1.45. The number of nitrogens with zero attached hydrogens (tertiary/aromatic N) is 2. The Balaban J connectivity index is 0.000000810. The molecule has 5 heteroatoms. The molecule has 0 atom stereocenters. The molecule has 0 unspecified atom stereocenters. The minimum atomic E-state index is -0.528. The van der Waals surface area contributed by atoms with Crippen LogP contribution in [-0.2, 0) is 0 Å². The second kappa shape index (κ2) is 3.79. The van der Waals surface area contributed by atoms with Crippen LogP contribution in [0.1, 0.15) is 0 Å². The molecule has 0 aliphatic heterocycles. The Bertz CT molecular complexity index is 214. The maximum absolute atomic E-state index is 9.94. The number of rotatable bonds is 1. The standard InChI is InChI=1S/C5H4N2O2.ClH/c8-7(9)5-3-1-2-4-6-5;/h1-4H;1H. The van der Waals surface area contributed by atoms with Gasteiger partial charge in [-0.05, 0) is 16.0 Å². The first-order valence-electron chi connectivity index (χ1n) is 2.36. The highest BCUT2D eigenvalue weighted by Crippen LogP contribution is 2.01. The summed E-state index contributed by atoms with van der Waals surface area (Å²) < 4.78 is 0. The minimum Gasteiger partial charge on any atom is -0.358 e. The molecule has 1 heterocycles. The highest BCUT2D eigenvalue weighted by Gasteiger charge is 2.00. The second-order valence-corrected chi connectivity index (χ2v) is 1.45. The lowest BCUT2D eigenvalue weighted by molar-refractivity contribution is -0.389.